The third-order valence-corrected chi connectivity index (χ3v) is 6.08. The standard InChI is InChI=1S/C17H24N2O4S/c1-3-5-17(21)18-10-4-11-19(13-12-18)24(22,23)16-8-6-15(7-9-16)14(2)20/h6-9H,3-5,10-13H2,1-2H3. The molecule has 0 atom stereocenters. The van der Waals surface area contributed by atoms with Gasteiger partial charge in [0.05, 0.1) is 4.90 Å². The average Bonchev–Trinajstić information content (AvgIpc) is 2.81. The van der Waals surface area contributed by atoms with Crippen LogP contribution in [0, 0.1) is 0 Å². The zero-order chi connectivity index (χ0) is 17.7. The number of carbonyl (C=O) groups is 2. The smallest absolute Gasteiger partial charge is 0.243 e. The highest BCUT2D eigenvalue weighted by Crippen LogP contribution is 2.19. The van der Waals surface area contributed by atoms with Crippen LogP contribution in [0.3, 0.4) is 0 Å². The Bertz CT molecular complexity index is 698. The van der Waals surface area contributed by atoms with Crippen molar-refractivity contribution in [3.63, 3.8) is 0 Å². The summed E-state index contributed by atoms with van der Waals surface area (Å²) >= 11 is 0. The molecule has 0 aliphatic carbocycles. The third kappa shape index (κ3) is 4.21. The lowest BCUT2D eigenvalue weighted by Gasteiger charge is -2.22. The van der Waals surface area contributed by atoms with Crippen molar-refractivity contribution in [2.24, 2.45) is 0 Å². The average molecular weight is 352 g/mol. The first-order valence-corrected chi connectivity index (χ1v) is 9.69. The van der Waals surface area contributed by atoms with Gasteiger partial charge in [-0.15, -0.1) is 0 Å². The number of amides is 1. The van der Waals surface area contributed by atoms with Crippen molar-refractivity contribution in [1.29, 1.82) is 0 Å². The summed E-state index contributed by atoms with van der Waals surface area (Å²) in [5, 5.41) is 0. The van der Waals surface area contributed by atoms with Crippen LogP contribution in [0.25, 0.3) is 0 Å². The van der Waals surface area contributed by atoms with E-state index >= 15 is 0 Å². The first kappa shape index (κ1) is 18.6. The van der Waals surface area contributed by atoms with Gasteiger partial charge in [0, 0.05) is 38.2 Å². The molecule has 0 bridgehead atoms. The van der Waals surface area contributed by atoms with Crippen molar-refractivity contribution < 1.29 is 18.0 Å². The van der Waals surface area contributed by atoms with Gasteiger partial charge in [0.15, 0.2) is 5.78 Å². The molecule has 1 aliphatic heterocycles. The van der Waals surface area contributed by atoms with Crippen LogP contribution in [0.5, 0.6) is 0 Å². The van der Waals surface area contributed by atoms with E-state index in [0.717, 1.165) is 6.42 Å². The molecule has 1 aromatic rings. The molecule has 0 aromatic heterocycles. The summed E-state index contributed by atoms with van der Waals surface area (Å²) in [5.41, 5.74) is 0.487. The van der Waals surface area contributed by atoms with Crippen LogP contribution in [0.15, 0.2) is 29.2 Å². The summed E-state index contributed by atoms with van der Waals surface area (Å²) < 4.78 is 26.9. The van der Waals surface area contributed by atoms with E-state index in [4.69, 9.17) is 0 Å². The van der Waals surface area contributed by atoms with Crippen LogP contribution in [-0.4, -0.2) is 55.5 Å². The van der Waals surface area contributed by atoms with Crippen LogP contribution in [-0.2, 0) is 14.8 Å². The minimum absolute atomic E-state index is 0.0857. The molecule has 132 valence electrons. The van der Waals surface area contributed by atoms with Crippen LogP contribution in [0.4, 0.5) is 0 Å². The fraction of sp³-hybridized carbons (Fsp3) is 0.529. The molecular weight excluding hydrogens is 328 g/mol. The Labute approximate surface area is 143 Å². The lowest BCUT2D eigenvalue weighted by atomic mass is 10.2. The Morgan fingerprint density at radius 3 is 2.29 bits per heavy atom. The number of nitrogens with zero attached hydrogens (tertiary/aromatic N) is 2. The fourth-order valence-corrected chi connectivity index (χ4v) is 4.24. The molecule has 1 aromatic carbocycles. The minimum Gasteiger partial charge on any atom is -0.341 e. The molecule has 1 fully saturated rings. The second-order valence-electron chi connectivity index (χ2n) is 5.97. The Balaban J connectivity index is 2.12. The van der Waals surface area contributed by atoms with Gasteiger partial charge in [-0.05, 0) is 31.9 Å². The molecule has 0 spiro atoms. The topological polar surface area (TPSA) is 74.8 Å². The van der Waals surface area contributed by atoms with Gasteiger partial charge in [-0.2, -0.15) is 4.31 Å². The number of ketones is 1. The van der Waals surface area contributed by atoms with E-state index in [2.05, 4.69) is 0 Å². The quantitative estimate of drug-likeness (QED) is 0.759. The van der Waals surface area contributed by atoms with Gasteiger partial charge in [0.2, 0.25) is 15.9 Å². The van der Waals surface area contributed by atoms with Crippen LogP contribution in [0.2, 0.25) is 0 Å². The zero-order valence-corrected chi connectivity index (χ0v) is 15.0. The van der Waals surface area contributed by atoms with E-state index in [1.54, 1.807) is 4.90 Å². The Morgan fingerprint density at radius 1 is 1.04 bits per heavy atom. The van der Waals surface area contributed by atoms with E-state index in [1.807, 2.05) is 6.92 Å². The van der Waals surface area contributed by atoms with E-state index < -0.39 is 10.0 Å². The van der Waals surface area contributed by atoms with Gasteiger partial charge < -0.3 is 4.90 Å². The number of hydrogen-bond acceptors (Lipinski definition) is 4. The lowest BCUT2D eigenvalue weighted by molar-refractivity contribution is -0.131. The van der Waals surface area contributed by atoms with Crippen molar-refractivity contribution in [1.82, 2.24) is 9.21 Å². The Kier molecular flexibility index (Phi) is 6.12. The van der Waals surface area contributed by atoms with Crippen molar-refractivity contribution in [2.45, 2.75) is 38.0 Å². The minimum atomic E-state index is -3.61. The van der Waals surface area contributed by atoms with Gasteiger partial charge in [0.1, 0.15) is 0 Å². The first-order chi connectivity index (χ1) is 11.4. The lowest BCUT2D eigenvalue weighted by Crippen LogP contribution is -2.37. The predicted octanol–water partition coefficient (Wildman–Crippen LogP) is 1.91. The SMILES string of the molecule is CCCC(=O)N1CCCN(S(=O)(=O)c2ccc(C(C)=O)cc2)CC1. The van der Waals surface area contributed by atoms with E-state index in [-0.39, 0.29) is 16.6 Å². The summed E-state index contributed by atoms with van der Waals surface area (Å²) in [6.45, 7) is 5.11. The van der Waals surface area contributed by atoms with Crippen molar-refractivity contribution in [3.8, 4) is 0 Å². The van der Waals surface area contributed by atoms with Crippen LogP contribution >= 0.6 is 0 Å². The Hall–Kier alpha value is -1.73. The second kappa shape index (κ2) is 7.90. The molecule has 7 heteroatoms. The molecule has 1 aliphatic rings. The molecule has 1 heterocycles. The number of rotatable bonds is 5. The summed E-state index contributed by atoms with van der Waals surface area (Å²) in [7, 11) is -3.61. The van der Waals surface area contributed by atoms with E-state index in [9.17, 15) is 18.0 Å². The Morgan fingerprint density at radius 2 is 1.71 bits per heavy atom. The number of Topliss-reactive ketones (excluding diaryl/α,β-unsaturated/α-hetero) is 1. The first-order valence-electron chi connectivity index (χ1n) is 8.25. The molecule has 0 N–H and O–H groups in total. The summed E-state index contributed by atoms with van der Waals surface area (Å²) in [4.78, 5) is 25.2. The van der Waals surface area contributed by atoms with Gasteiger partial charge in [0.25, 0.3) is 0 Å². The highest BCUT2D eigenvalue weighted by atomic mass is 32.2. The van der Waals surface area contributed by atoms with Crippen molar-refractivity contribution in [3.05, 3.63) is 29.8 Å². The number of sulfonamides is 1. The van der Waals surface area contributed by atoms with Gasteiger partial charge in [-0.1, -0.05) is 19.1 Å². The highest BCUT2D eigenvalue weighted by molar-refractivity contribution is 7.89. The molecule has 2 rings (SSSR count). The van der Waals surface area contributed by atoms with Gasteiger partial charge in [-0.3, -0.25) is 9.59 Å². The maximum absolute atomic E-state index is 12.8. The van der Waals surface area contributed by atoms with Crippen LogP contribution in [0.1, 0.15) is 43.5 Å². The monoisotopic (exact) mass is 352 g/mol. The summed E-state index contributed by atoms with van der Waals surface area (Å²) in [5.74, 6) is -0.0126. The summed E-state index contributed by atoms with van der Waals surface area (Å²) in [6, 6.07) is 6.00. The molecule has 1 saturated heterocycles. The van der Waals surface area contributed by atoms with Crippen molar-refractivity contribution >= 4 is 21.7 Å². The van der Waals surface area contributed by atoms with E-state index in [1.165, 1.54) is 35.5 Å². The number of hydrogen-bond donors (Lipinski definition) is 0. The van der Waals surface area contributed by atoms with Gasteiger partial charge >= 0.3 is 0 Å². The van der Waals surface area contributed by atoms with Crippen LogP contribution < -0.4 is 0 Å². The maximum atomic E-state index is 12.8. The maximum Gasteiger partial charge on any atom is 0.243 e. The number of benzene rings is 1. The second-order valence-corrected chi connectivity index (χ2v) is 7.91. The molecule has 6 nitrogen and oxygen atoms in total. The normalized spacial score (nSPS) is 16.7. The predicted molar refractivity (Wildman–Crippen MR) is 91.3 cm³/mol. The molecule has 0 unspecified atom stereocenters. The molecule has 24 heavy (non-hydrogen) atoms. The molecular formula is C17H24N2O4S. The zero-order valence-electron chi connectivity index (χ0n) is 14.2. The summed E-state index contributed by atoms with van der Waals surface area (Å²) in [6.07, 6.45) is 1.92. The van der Waals surface area contributed by atoms with E-state index in [0.29, 0.717) is 44.6 Å². The molecule has 0 saturated carbocycles. The highest BCUT2D eigenvalue weighted by Gasteiger charge is 2.28. The third-order valence-electron chi connectivity index (χ3n) is 4.17. The number of carbonyl (C=O) groups excluding carboxylic acids is 2. The van der Waals surface area contributed by atoms with Crippen molar-refractivity contribution in [2.75, 3.05) is 26.2 Å². The fourth-order valence-electron chi connectivity index (χ4n) is 2.77. The molecule has 0 radical (unpaired) electrons. The van der Waals surface area contributed by atoms with Gasteiger partial charge in [-0.25, -0.2) is 8.42 Å². The molecule has 1 amide bonds. The largest absolute Gasteiger partial charge is 0.341 e.